The van der Waals surface area contributed by atoms with Crippen LogP contribution < -0.4 is 4.74 Å². The molecule has 0 aliphatic heterocycles. The molecule has 0 aliphatic rings. The fourth-order valence-corrected chi connectivity index (χ4v) is 2.01. The maximum atomic E-state index is 11.4. The number of nitrogens with zero attached hydrogens (tertiary/aromatic N) is 4. The molecule has 1 N–H and O–H groups in total. The molecule has 0 amide bonds. The predicted octanol–water partition coefficient (Wildman–Crippen LogP) is 0.705. The second-order valence-electron chi connectivity index (χ2n) is 4.45. The average Bonchev–Trinajstić information content (AvgIpc) is 2.84. The molecule has 2 aromatic rings. The average molecular weight is 276 g/mol. The zero-order valence-electron chi connectivity index (χ0n) is 11.4. The molecule has 2 rings (SSSR count). The Kier molecular flexibility index (Phi) is 4.29. The number of ether oxygens (including phenoxy) is 1. The Labute approximate surface area is 116 Å². The molecule has 0 saturated carbocycles. The number of hydrogen-bond donors (Lipinski definition) is 1. The van der Waals surface area contributed by atoms with Gasteiger partial charge in [0.1, 0.15) is 5.75 Å². The van der Waals surface area contributed by atoms with E-state index in [1.54, 1.807) is 14.2 Å². The third kappa shape index (κ3) is 3.31. The van der Waals surface area contributed by atoms with Crippen LogP contribution in [-0.2, 0) is 24.7 Å². The molecule has 106 valence electrons. The number of hydrogen-bond acceptors (Lipinski definition) is 5. The second kappa shape index (κ2) is 6.14. The van der Waals surface area contributed by atoms with Crippen LogP contribution in [-0.4, -0.2) is 38.4 Å². The Morgan fingerprint density at radius 1 is 1.40 bits per heavy atom. The molecule has 20 heavy (non-hydrogen) atoms. The normalized spacial score (nSPS) is 12.1. The molecule has 0 spiro atoms. The Balaban J connectivity index is 2.15. The summed E-state index contributed by atoms with van der Waals surface area (Å²) in [6.07, 6.45) is 0.596. The Bertz CT molecular complexity index is 597. The number of aliphatic carboxylic acids is 1. The summed E-state index contributed by atoms with van der Waals surface area (Å²) in [5.41, 5.74) is 0.853. The third-order valence-electron chi connectivity index (χ3n) is 2.99. The standard InChI is InChI=1S/C13H16N4O3/c1-17-15-12(14-16-17)8-10(13(18)19)7-9-5-3-4-6-11(9)20-2/h3-6,10H,7-8H2,1-2H3,(H,18,19). The maximum absolute atomic E-state index is 11.4. The van der Waals surface area contributed by atoms with Gasteiger partial charge in [-0.1, -0.05) is 18.2 Å². The first-order chi connectivity index (χ1) is 9.60. The highest BCUT2D eigenvalue weighted by Crippen LogP contribution is 2.22. The fourth-order valence-electron chi connectivity index (χ4n) is 2.01. The number of carboxylic acid groups (broad SMARTS) is 1. The van der Waals surface area contributed by atoms with E-state index in [0.29, 0.717) is 18.0 Å². The first-order valence-electron chi connectivity index (χ1n) is 6.17. The molecule has 1 aromatic heterocycles. The third-order valence-corrected chi connectivity index (χ3v) is 2.99. The molecule has 0 radical (unpaired) electrons. The molecule has 0 aliphatic carbocycles. The first-order valence-corrected chi connectivity index (χ1v) is 6.17. The molecule has 1 atom stereocenters. The molecule has 1 heterocycles. The van der Waals surface area contributed by atoms with Crippen molar-refractivity contribution in [3.05, 3.63) is 35.7 Å². The lowest BCUT2D eigenvalue weighted by atomic mass is 9.95. The van der Waals surface area contributed by atoms with Crippen LogP contribution in [0, 0.1) is 5.92 Å². The zero-order valence-corrected chi connectivity index (χ0v) is 11.4. The van der Waals surface area contributed by atoms with Gasteiger partial charge in [-0.3, -0.25) is 4.79 Å². The Morgan fingerprint density at radius 3 is 2.75 bits per heavy atom. The topological polar surface area (TPSA) is 90.1 Å². The molecular formula is C13H16N4O3. The van der Waals surface area contributed by atoms with Gasteiger partial charge in [0.05, 0.1) is 20.1 Å². The van der Waals surface area contributed by atoms with E-state index in [9.17, 15) is 9.90 Å². The van der Waals surface area contributed by atoms with Gasteiger partial charge < -0.3 is 9.84 Å². The van der Waals surface area contributed by atoms with Gasteiger partial charge in [0.25, 0.3) is 0 Å². The first kappa shape index (κ1) is 14.0. The number of aryl methyl sites for hydroxylation is 1. The van der Waals surface area contributed by atoms with Crippen LogP contribution in [0.5, 0.6) is 5.75 Å². The molecule has 7 nitrogen and oxygen atoms in total. The Morgan fingerprint density at radius 2 is 2.15 bits per heavy atom. The van der Waals surface area contributed by atoms with Crippen molar-refractivity contribution in [2.75, 3.05) is 7.11 Å². The molecule has 0 fully saturated rings. The van der Waals surface area contributed by atoms with Gasteiger partial charge in [-0.15, -0.1) is 10.2 Å². The molecule has 7 heteroatoms. The molecule has 1 unspecified atom stereocenters. The van der Waals surface area contributed by atoms with E-state index in [1.165, 1.54) is 4.80 Å². The van der Waals surface area contributed by atoms with Crippen LogP contribution in [0.1, 0.15) is 11.4 Å². The summed E-state index contributed by atoms with van der Waals surface area (Å²) in [5, 5.41) is 20.9. The van der Waals surface area contributed by atoms with Crippen LogP contribution in [0.15, 0.2) is 24.3 Å². The Hall–Kier alpha value is -2.44. The maximum Gasteiger partial charge on any atom is 0.307 e. The number of aromatic nitrogens is 4. The quantitative estimate of drug-likeness (QED) is 0.835. The highest BCUT2D eigenvalue weighted by atomic mass is 16.5. The van der Waals surface area contributed by atoms with Gasteiger partial charge in [-0.2, -0.15) is 4.80 Å². The number of benzene rings is 1. The summed E-state index contributed by atoms with van der Waals surface area (Å²) in [6.45, 7) is 0. The number of carboxylic acids is 1. The van der Waals surface area contributed by atoms with Crippen LogP contribution in [0.4, 0.5) is 0 Å². The summed E-state index contributed by atoms with van der Waals surface area (Å²) >= 11 is 0. The van der Waals surface area contributed by atoms with Crippen molar-refractivity contribution in [1.82, 2.24) is 20.2 Å². The fraction of sp³-hybridized carbons (Fsp3) is 0.385. The molecular weight excluding hydrogens is 260 g/mol. The number of tetrazole rings is 1. The van der Waals surface area contributed by atoms with Crippen molar-refractivity contribution in [2.45, 2.75) is 12.8 Å². The number of carbonyl (C=O) groups is 1. The van der Waals surface area contributed by atoms with Gasteiger partial charge >= 0.3 is 5.97 Å². The zero-order chi connectivity index (χ0) is 14.5. The molecule has 0 bridgehead atoms. The van der Waals surface area contributed by atoms with E-state index in [4.69, 9.17) is 4.74 Å². The van der Waals surface area contributed by atoms with Crippen molar-refractivity contribution >= 4 is 5.97 Å². The van der Waals surface area contributed by atoms with Crippen LogP contribution in [0.25, 0.3) is 0 Å². The second-order valence-corrected chi connectivity index (χ2v) is 4.45. The lowest BCUT2D eigenvalue weighted by Crippen LogP contribution is -2.20. The van der Waals surface area contributed by atoms with Crippen molar-refractivity contribution in [3.63, 3.8) is 0 Å². The lowest BCUT2D eigenvalue weighted by Gasteiger charge is -2.13. The highest BCUT2D eigenvalue weighted by molar-refractivity contribution is 5.70. The minimum absolute atomic E-state index is 0.237. The molecule has 1 aromatic carbocycles. The summed E-state index contributed by atoms with van der Waals surface area (Å²) in [7, 11) is 3.21. The van der Waals surface area contributed by atoms with Crippen molar-refractivity contribution < 1.29 is 14.6 Å². The minimum atomic E-state index is -0.886. The van der Waals surface area contributed by atoms with Gasteiger partial charge in [0, 0.05) is 6.42 Å². The van der Waals surface area contributed by atoms with Crippen LogP contribution in [0.2, 0.25) is 0 Å². The summed E-state index contributed by atoms with van der Waals surface area (Å²) in [5.74, 6) is -0.389. The highest BCUT2D eigenvalue weighted by Gasteiger charge is 2.22. The van der Waals surface area contributed by atoms with Gasteiger partial charge in [-0.25, -0.2) is 0 Å². The summed E-state index contributed by atoms with van der Waals surface area (Å²) in [4.78, 5) is 12.7. The minimum Gasteiger partial charge on any atom is -0.496 e. The largest absolute Gasteiger partial charge is 0.496 e. The van der Waals surface area contributed by atoms with E-state index in [1.807, 2.05) is 24.3 Å². The number of rotatable bonds is 6. The van der Waals surface area contributed by atoms with Gasteiger partial charge in [0.15, 0.2) is 5.82 Å². The summed E-state index contributed by atoms with van der Waals surface area (Å²) < 4.78 is 5.24. The number of para-hydroxylation sites is 1. The predicted molar refractivity (Wildman–Crippen MR) is 70.3 cm³/mol. The smallest absolute Gasteiger partial charge is 0.307 e. The lowest BCUT2D eigenvalue weighted by molar-refractivity contribution is -0.141. The van der Waals surface area contributed by atoms with E-state index in [-0.39, 0.29) is 6.42 Å². The van der Waals surface area contributed by atoms with E-state index in [2.05, 4.69) is 15.4 Å². The van der Waals surface area contributed by atoms with Crippen LogP contribution >= 0.6 is 0 Å². The monoisotopic (exact) mass is 276 g/mol. The van der Waals surface area contributed by atoms with Crippen LogP contribution in [0.3, 0.4) is 0 Å². The molecule has 0 saturated heterocycles. The van der Waals surface area contributed by atoms with Crippen molar-refractivity contribution in [3.8, 4) is 5.75 Å². The SMILES string of the molecule is COc1ccccc1CC(Cc1nnn(C)n1)C(=O)O. The summed E-state index contributed by atoms with van der Waals surface area (Å²) in [6, 6.07) is 7.38. The van der Waals surface area contributed by atoms with Crippen molar-refractivity contribution in [2.24, 2.45) is 13.0 Å². The number of methoxy groups -OCH3 is 1. The van der Waals surface area contributed by atoms with E-state index in [0.717, 1.165) is 5.56 Å². The van der Waals surface area contributed by atoms with E-state index < -0.39 is 11.9 Å². The van der Waals surface area contributed by atoms with Crippen molar-refractivity contribution in [1.29, 1.82) is 0 Å². The van der Waals surface area contributed by atoms with Gasteiger partial charge in [-0.05, 0) is 23.3 Å². The van der Waals surface area contributed by atoms with E-state index >= 15 is 0 Å². The van der Waals surface area contributed by atoms with Gasteiger partial charge in [0.2, 0.25) is 0 Å².